The van der Waals surface area contributed by atoms with Crippen molar-refractivity contribution in [1.29, 1.82) is 0 Å². The summed E-state index contributed by atoms with van der Waals surface area (Å²) in [6, 6.07) is 23.0. The second-order valence-electron chi connectivity index (χ2n) is 8.44. The average molecular weight is 518 g/mol. The maximum atomic E-state index is 13.2. The van der Waals surface area contributed by atoms with Crippen LogP contribution in [0.3, 0.4) is 0 Å². The fourth-order valence-electron chi connectivity index (χ4n) is 4.30. The molecule has 3 aromatic rings. The number of rotatable bonds is 5. The van der Waals surface area contributed by atoms with E-state index < -0.39 is 0 Å². The van der Waals surface area contributed by atoms with Crippen LogP contribution in [0.2, 0.25) is 10.0 Å². The van der Waals surface area contributed by atoms with Crippen molar-refractivity contribution in [2.75, 3.05) is 6.54 Å². The third-order valence-corrected chi connectivity index (χ3v) is 6.75. The summed E-state index contributed by atoms with van der Waals surface area (Å²) in [5, 5.41) is 11.0. The number of hydrogen-bond acceptors (Lipinski definition) is 4. The molecule has 0 aromatic heterocycles. The van der Waals surface area contributed by atoms with E-state index in [1.807, 2.05) is 49.4 Å². The molecule has 1 heterocycles. The summed E-state index contributed by atoms with van der Waals surface area (Å²) >= 11 is 12.4. The van der Waals surface area contributed by atoms with Gasteiger partial charge in [-0.2, -0.15) is 0 Å². The predicted octanol–water partition coefficient (Wildman–Crippen LogP) is 7.24. The number of carbonyl (C=O) groups is 1. The van der Waals surface area contributed by atoms with Gasteiger partial charge in [-0.05, 0) is 42.3 Å². The number of amides is 1. The summed E-state index contributed by atoms with van der Waals surface area (Å²) in [6.07, 6.45) is 0. The largest absolute Gasteiger partial charge is 0.506 e. The molecule has 0 radical (unpaired) electrons. The van der Waals surface area contributed by atoms with Gasteiger partial charge in [-0.3, -0.25) is 9.59 Å². The Bertz CT molecular complexity index is 1610. The average Bonchev–Trinajstić information content (AvgIpc) is 2.88. The monoisotopic (exact) mass is 517 g/mol. The van der Waals surface area contributed by atoms with Gasteiger partial charge in [0.15, 0.2) is 0 Å². The van der Waals surface area contributed by atoms with Crippen molar-refractivity contribution in [3.05, 3.63) is 110 Å². The molecule has 0 fully saturated rings. The third-order valence-electron chi connectivity index (χ3n) is 6.15. The Morgan fingerprint density at radius 3 is 2.36 bits per heavy atom. The fraction of sp³-hybridized carbons (Fsp3) is 0.103. The van der Waals surface area contributed by atoms with Gasteiger partial charge < -0.3 is 14.4 Å². The topological polar surface area (TPSA) is 70.8 Å². The highest BCUT2D eigenvalue weighted by atomic mass is 35.5. The van der Waals surface area contributed by atoms with Crippen molar-refractivity contribution >= 4 is 40.1 Å². The van der Waals surface area contributed by atoms with E-state index in [0.29, 0.717) is 40.9 Å². The van der Waals surface area contributed by atoms with Crippen LogP contribution in [0.15, 0.2) is 88.1 Å². The molecule has 0 bridgehead atoms. The van der Waals surface area contributed by atoms with Crippen molar-refractivity contribution in [1.82, 2.24) is 4.90 Å². The first-order valence-corrected chi connectivity index (χ1v) is 12.1. The van der Waals surface area contributed by atoms with Gasteiger partial charge in [0.1, 0.15) is 17.1 Å². The normalized spacial score (nSPS) is 11.2. The molecule has 1 N–H and O–H groups in total. The lowest BCUT2D eigenvalue weighted by Crippen LogP contribution is -2.30. The molecular weight excluding hydrogens is 497 g/mol. The van der Waals surface area contributed by atoms with E-state index >= 15 is 0 Å². The molecule has 1 aliphatic carbocycles. The maximum absolute atomic E-state index is 13.2. The summed E-state index contributed by atoms with van der Waals surface area (Å²) in [6.45, 7) is 3.04. The van der Waals surface area contributed by atoms with Crippen LogP contribution in [0, 0.1) is 0 Å². The quantitative estimate of drug-likeness (QED) is 0.249. The minimum absolute atomic E-state index is 0.0643. The Morgan fingerprint density at radius 2 is 1.67 bits per heavy atom. The van der Waals surface area contributed by atoms with E-state index in [-0.39, 0.29) is 27.1 Å². The lowest BCUT2D eigenvalue weighted by atomic mass is 9.93. The van der Waals surface area contributed by atoms with Crippen molar-refractivity contribution in [2.24, 2.45) is 0 Å². The number of nitrogens with zero attached hydrogens (tertiary/aromatic N) is 1. The Hall–Kier alpha value is -3.80. The molecule has 5 nitrogen and oxygen atoms in total. The molecule has 0 saturated carbocycles. The van der Waals surface area contributed by atoms with Crippen LogP contribution in [-0.4, -0.2) is 22.5 Å². The number of halogens is 2. The smallest absolute Gasteiger partial charge is 0.254 e. The summed E-state index contributed by atoms with van der Waals surface area (Å²) in [4.78, 5) is 27.2. The first-order valence-electron chi connectivity index (χ1n) is 11.4. The van der Waals surface area contributed by atoms with Crippen LogP contribution in [0.25, 0.3) is 33.4 Å². The van der Waals surface area contributed by atoms with Crippen LogP contribution in [0.5, 0.6) is 5.75 Å². The molecule has 1 aliphatic heterocycles. The second-order valence-corrected chi connectivity index (χ2v) is 9.25. The molecule has 5 rings (SSSR count). The van der Waals surface area contributed by atoms with E-state index in [9.17, 15) is 14.7 Å². The molecule has 7 heteroatoms. The summed E-state index contributed by atoms with van der Waals surface area (Å²) in [7, 11) is 0. The van der Waals surface area contributed by atoms with E-state index in [0.717, 1.165) is 16.7 Å². The van der Waals surface area contributed by atoms with Gasteiger partial charge in [-0.25, -0.2) is 0 Å². The predicted molar refractivity (Wildman–Crippen MR) is 143 cm³/mol. The molecule has 3 aromatic carbocycles. The number of aromatic hydroxyl groups is 1. The minimum atomic E-state index is -0.365. The minimum Gasteiger partial charge on any atom is -0.506 e. The lowest BCUT2D eigenvalue weighted by Gasteiger charge is -2.21. The first-order chi connectivity index (χ1) is 17.4. The van der Waals surface area contributed by atoms with E-state index in [1.54, 1.807) is 29.2 Å². The van der Waals surface area contributed by atoms with Crippen molar-refractivity contribution < 1.29 is 14.3 Å². The zero-order valence-corrected chi connectivity index (χ0v) is 20.8. The SMILES string of the molecule is CCN(Cc1ccccc1)C(=O)c1ccc(-c2c3cc(Cl)c(=O)cc-3oc3cc(O)c(Cl)cc23)cc1. The highest BCUT2D eigenvalue weighted by Gasteiger charge is 2.21. The van der Waals surface area contributed by atoms with E-state index in [4.69, 9.17) is 27.6 Å². The number of phenols is 1. The Kier molecular flexibility index (Phi) is 6.44. The molecule has 36 heavy (non-hydrogen) atoms. The molecule has 0 unspecified atom stereocenters. The van der Waals surface area contributed by atoms with E-state index in [1.165, 1.54) is 12.1 Å². The molecule has 180 valence electrons. The van der Waals surface area contributed by atoms with Crippen LogP contribution < -0.4 is 5.43 Å². The Labute approximate surface area is 217 Å². The van der Waals surface area contributed by atoms with Crippen LogP contribution in [0.4, 0.5) is 0 Å². The second kappa shape index (κ2) is 9.69. The number of hydrogen-bond donors (Lipinski definition) is 1. The highest BCUT2D eigenvalue weighted by Crippen LogP contribution is 2.43. The van der Waals surface area contributed by atoms with Gasteiger partial charge >= 0.3 is 0 Å². The summed E-state index contributed by atoms with van der Waals surface area (Å²) < 4.78 is 5.91. The van der Waals surface area contributed by atoms with Crippen LogP contribution in [-0.2, 0) is 6.54 Å². The Balaban J connectivity index is 1.59. The van der Waals surface area contributed by atoms with Crippen LogP contribution in [0.1, 0.15) is 22.8 Å². The molecule has 1 amide bonds. The summed E-state index contributed by atoms with van der Waals surface area (Å²) in [5.74, 6) is 0.125. The van der Waals surface area contributed by atoms with Crippen molar-refractivity contribution in [3.8, 4) is 28.2 Å². The fourth-order valence-corrected chi connectivity index (χ4v) is 4.63. The molecule has 0 atom stereocenters. The lowest BCUT2D eigenvalue weighted by molar-refractivity contribution is 0.0752. The molecule has 2 aliphatic rings. The zero-order chi connectivity index (χ0) is 25.4. The van der Waals surface area contributed by atoms with Gasteiger partial charge in [0.25, 0.3) is 5.91 Å². The molecular formula is C29H21Cl2NO4. The summed E-state index contributed by atoms with van der Waals surface area (Å²) in [5.41, 5.74) is 3.74. The van der Waals surface area contributed by atoms with Gasteiger partial charge in [0.05, 0.1) is 10.0 Å². The van der Waals surface area contributed by atoms with Crippen molar-refractivity contribution in [2.45, 2.75) is 13.5 Å². The molecule has 0 saturated heterocycles. The number of carbonyl (C=O) groups excluding carboxylic acids is 1. The molecule has 0 spiro atoms. The van der Waals surface area contributed by atoms with Gasteiger partial charge in [-0.15, -0.1) is 0 Å². The number of benzene rings is 4. The van der Waals surface area contributed by atoms with Crippen LogP contribution >= 0.6 is 23.2 Å². The number of fused-ring (bicyclic) bond motifs is 2. The highest BCUT2D eigenvalue weighted by molar-refractivity contribution is 6.33. The number of phenolic OH excluding ortho intramolecular Hbond substituents is 1. The van der Waals surface area contributed by atoms with Gasteiger partial charge in [0, 0.05) is 47.3 Å². The Morgan fingerprint density at radius 1 is 0.944 bits per heavy atom. The standard InChI is InChI=1S/C29H21Cl2NO4/c1-2-32(16-17-6-4-3-5-7-17)29(35)19-10-8-18(9-11-19)28-20-12-22(30)24(33)14-26(20)36-27-15-25(34)23(31)13-21(27)28/h3-15,33H,2,16H2,1H3. The first kappa shape index (κ1) is 23.9. The van der Waals surface area contributed by atoms with Gasteiger partial charge in [0.2, 0.25) is 5.43 Å². The zero-order valence-electron chi connectivity index (χ0n) is 19.3. The van der Waals surface area contributed by atoms with E-state index in [2.05, 4.69) is 0 Å². The van der Waals surface area contributed by atoms with Crippen molar-refractivity contribution in [3.63, 3.8) is 0 Å². The van der Waals surface area contributed by atoms with Gasteiger partial charge in [-0.1, -0.05) is 65.7 Å². The third kappa shape index (κ3) is 4.43. The maximum Gasteiger partial charge on any atom is 0.254 e.